The van der Waals surface area contributed by atoms with Crippen LogP contribution in [0.5, 0.6) is 0 Å². The molecule has 2 saturated heterocycles. The summed E-state index contributed by atoms with van der Waals surface area (Å²) < 4.78 is 114. The van der Waals surface area contributed by atoms with Crippen molar-refractivity contribution < 1.29 is 161 Å². The molecule has 0 spiro atoms. The normalized spacial score (nSPS) is 15.5. The third-order valence-corrected chi connectivity index (χ3v) is 15.4. The van der Waals surface area contributed by atoms with Crippen LogP contribution in [0.3, 0.4) is 0 Å². The van der Waals surface area contributed by atoms with Crippen LogP contribution in [0.4, 0.5) is 0 Å². The largest absolute Gasteiger partial charge is 0.438 e. The average Bonchev–Trinajstić information content (AvgIpc) is 0.884. The molecule has 0 amide bonds. The number of rotatable bonds is 41. The van der Waals surface area contributed by atoms with Crippen molar-refractivity contribution in [3.8, 4) is 0 Å². The molecule has 40 heteroatoms. The molecule has 2 heterocycles. The van der Waals surface area contributed by atoms with Gasteiger partial charge in [-0.25, -0.2) is 0 Å². The van der Waals surface area contributed by atoms with Crippen molar-refractivity contribution in [2.24, 2.45) is 35.5 Å². The molecule has 622 valence electrons. The predicted octanol–water partition coefficient (Wildman–Crippen LogP) is 9.55. The van der Waals surface area contributed by atoms with Crippen LogP contribution in [0, 0.1) is 35.5 Å². The highest BCUT2D eigenvalue weighted by atomic mass is 31.2. The van der Waals surface area contributed by atoms with Gasteiger partial charge in [0.05, 0.1) is 68.4 Å². The van der Waals surface area contributed by atoms with E-state index in [9.17, 15) is 71.0 Å². The van der Waals surface area contributed by atoms with Crippen LogP contribution in [-0.2, 0) is 141 Å². The van der Waals surface area contributed by atoms with E-state index >= 15 is 0 Å². The number of piperidine rings is 2. The van der Waals surface area contributed by atoms with Gasteiger partial charge >= 0.3 is 96.0 Å². The van der Waals surface area contributed by atoms with E-state index in [1.807, 2.05) is 0 Å². The first kappa shape index (κ1) is 107. The van der Waals surface area contributed by atoms with E-state index in [4.69, 9.17) is 57.5 Å². The van der Waals surface area contributed by atoms with E-state index in [1.54, 1.807) is 83.1 Å². The molecule has 2 rings (SSSR count). The summed E-state index contributed by atoms with van der Waals surface area (Å²) in [5.74, 6) is -7.40. The molecule has 2 aliphatic rings. The summed E-state index contributed by atoms with van der Waals surface area (Å²) in [6, 6.07) is 0. The van der Waals surface area contributed by atoms with Crippen LogP contribution in [0.15, 0.2) is 0 Å². The van der Waals surface area contributed by atoms with Crippen molar-refractivity contribution >= 4 is 96.0 Å². The second-order valence-corrected chi connectivity index (χ2v) is 33.9. The van der Waals surface area contributed by atoms with Crippen LogP contribution in [0.1, 0.15) is 200 Å². The number of carbonyl (C=O) groups excluding carboxylic acids is 11. The third kappa shape index (κ3) is 74.2. The first-order valence-electron chi connectivity index (χ1n) is 35.0. The number of ether oxygens (including phenoxy) is 11. The van der Waals surface area contributed by atoms with Crippen LogP contribution in [-0.4, -0.2) is 220 Å². The number of hydrogen-bond donors (Lipinski definition) is 4. The van der Waals surface area contributed by atoms with Gasteiger partial charge in [0.25, 0.3) is 5.79 Å². The van der Waals surface area contributed by atoms with Gasteiger partial charge in [0.2, 0.25) is 33.5 Å². The van der Waals surface area contributed by atoms with Crippen LogP contribution >= 0.6 is 30.4 Å². The Morgan fingerprint density at radius 1 is 0.330 bits per heavy atom. The lowest BCUT2D eigenvalue weighted by molar-refractivity contribution is -0.218. The Kier molecular flexibility index (Phi) is 60.1. The van der Waals surface area contributed by atoms with Gasteiger partial charge in [0, 0.05) is 66.7 Å². The number of likely N-dealkylation sites (tertiary alicyclic amines) is 2. The SMILES string of the molecule is CC(C)C(=O)OC(C)(C)OC(=O)CCCCOP(C)(=O)O.CC(C)C(=O)OCOC(=O)CCCCOP(C)(=O)O.CC(C)C(=O)OCOC(=O)CN1CCCCC1.CC(C)C(=O)OCOC(=O)CN1CCCCC1.CC(C)C(=O)OCOP(C)(=O)O.CC(OC(=O)CCCCOP(C)(=O)O)OC(=O)C(C)C. The fourth-order valence-electron chi connectivity index (χ4n) is 7.16. The van der Waals surface area contributed by atoms with E-state index in [2.05, 4.69) is 42.1 Å². The Labute approximate surface area is 625 Å². The average molecular weight is 1610 g/mol. The molecule has 0 aromatic carbocycles. The minimum Gasteiger partial charge on any atom is -0.438 e. The summed E-state index contributed by atoms with van der Waals surface area (Å²) in [6.07, 6.45) is 9.26. The van der Waals surface area contributed by atoms with E-state index in [-0.39, 0.29) is 119 Å². The van der Waals surface area contributed by atoms with Gasteiger partial charge in [-0.2, -0.15) is 0 Å². The Bertz CT molecular complexity index is 2690. The van der Waals surface area contributed by atoms with Crippen molar-refractivity contribution in [2.75, 3.05) is 113 Å². The molecule has 0 aromatic rings. The lowest BCUT2D eigenvalue weighted by atomic mass is 10.1. The Morgan fingerprint density at radius 2 is 0.613 bits per heavy atom. The Balaban J connectivity index is -0.000000593. The van der Waals surface area contributed by atoms with Crippen molar-refractivity contribution in [3.63, 3.8) is 0 Å². The van der Waals surface area contributed by atoms with E-state index in [0.717, 1.165) is 78.5 Å². The highest BCUT2D eigenvalue weighted by Crippen LogP contribution is 2.38. The van der Waals surface area contributed by atoms with Crippen LogP contribution < -0.4 is 0 Å². The lowest BCUT2D eigenvalue weighted by Crippen LogP contribution is -2.35. The van der Waals surface area contributed by atoms with Crippen molar-refractivity contribution in [3.05, 3.63) is 0 Å². The van der Waals surface area contributed by atoms with Gasteiger partial charge in [-0.05, 0) is 90.4 Å². The summed E-state index contributed by atoms with van der Waals surface area (Å²) in [5.41, 5.74) is 0. The molecule has 0 aliphatic carbocycles. The van der Waals surface area contributed by atoms with Crippen LogP contribution in [0.25, 0.3) is 0 Å². The molecular formula is C66H124N2O34P4. The number of esters is 11. The molecule has 0 saturated carbocycles. The quantitative estimate of drug-likeness (QED) is 0.0145. The second-order valence-electron chi connectivity index (χ2n) is 26.5. The molecule has 2 aliphatic heterocycles. The van der Waals surface area contributed by atoms with Gasteiger partial charge in [0.1, 0.15) is 0 Å². The third-order valence-electron chi connectivity index (χ3n) is 12.8. The Morgan fingerprint density at radius 3 is 0.915 bits per heavy atom. The lowest BCUT2D eigenvalue weighted by Gasteiger charge is -2.25. The molecule has 106 heavy (non-hydrogen) atoms. The first-order valence-corrected chi connectivity index (χ1v) is 43.1. The number of carbonyl (C=O) groups is 11. The van der Waals surface area contributed by atoms with Crippen molar-refractivity contribution in [2.45, 2.75) is 212 Å². The van der Waals surface area contributed by atoms with Gasteiger partial charge in [-0.1, -0.05) is 95.9 Å². The summed E-state index contributed by atoms with van der Waals surface area (Å²) in [4.78, 5) is 163. The zero-order valence-corrected chi connectivity index (χ0v) is 69.1. The molecule has 0 aromatic heterocycles. The van der Waals surface area contributed by atoms with Crippen molar-refractivity contribution in [1.82, 2.24) is 9.80 Å². The van der Waals surface area contributed by atoms with Gasteiger partial charge in [-0.15, -0.1) is 0 Å². The minimum atomic E-state index is -3.53. The molecule has 2 fully saturated rings. The molecule has 0 radical (unpaired) electrons. The van der Waals surface area contributed by atoms with Gasteiger partial charge in [0.15, 0.2) is 0 Å². The van der Waals surface area contributed by atoms with E-state index in [0.29, 0.717) is 51.6 Å². The maximum Gasteiger partial charge on any atom is 0.327 e. The standard InChI is InChI=1S/C13H25O7P.2C12H21NO4.C12H23O7P.C11H21O7P.C6H13O5P/c1-10(2)12(15)20-13(3,4)19-11(14)8-6-7-9-18-21(5,16)17;2*1-10(2)12(15)17-9-16-11(14)8-13-6-4-3-5-7-13;1-9(2)12(14)19-10(3)18-11(13)7-5-6-8-17-20(4,15)16;1-9(2)11(13)17-8-16-10(12)6-4-5-7-18-19(3,14)15;1-5(2)6(7)10-4-11-12(3,8)9/h10H,6-9H2,1-5H3,(H,16,17);2*10H,3-9H2,1-2H3;9-10H,5-8H2,1-4H3,(H,15,16);9H,4-8H2,1-3H3,(H,14,15);5H,4H2,1-3H3,(H,8,9). The molecule has 4 N–H and O–H groups in total. The maximum atomic E-state index is 11.6. The molecule has 0 bridgehead atoms. The van der Waals surface area contributed by atoms with Gasteiger partial charge < -0.3 is 85.3 Å². The predicted molar refractivity (Wildman–Crippen MR) is 383 cm³/mol. The summed E-state index contributed by atoms with van der Waals surface area (Å²) in [7, 11) is -13.9. The topological polar surface area (TPSA) is 482 Å². The van der Waals surface area contributed by atoms with Crippen LogP contribution in [0.2, 0.25) is 0 Å². The molecule has 5 atom stereocenters. The highest BCUT2D eigenvalue weighted by molar-refractivity contribution is 7.52. The summed E-state index contributed by atoms with van der Waals surface area (Å²) in [6.45, 7) is 32.4. The minimum absolute atomic E-state index is 0.100. The monoisotopic (exact) mass is 1610 g/mol. The number of nitrogens with zero attached hydrogens (tertiary/aromatic N) is 2. The van der Waals surface area contributed by atoms with Crippen molar-refractivity contribution in [1.29, 1.82) is 0 Å². The van der Waals surface area contributed by atoms with E-state index in [1.165, 1.54) is 33.6 Å². The Hall–Kier alpha value is -5.31. The zero-order valence-electron chi connectivity index (χ0n) is 65.6. The maximum absolute atomic E-state index is 11.6. The fraction of sp³-hybridized carbons (Fsp3) is 0.833. The summed E-state index contributed by atoms with van der Waals surface area (Å²) in [5, 5.41) is 0. The molecule has 36 nitrogen and oxygen atoms in total. The fourth-order valence-corrected chi connectivity index (χ4v) is 8.81. The molecule has 5 unspecified atom stereocenters. The van der Waals surface area contributed by atoms with Gasteiger partial charge in [-0.3, -0.25) is 85.3 Å². The first-order chi connectivity index (χ1) is 48.8. The number of hydrogen-bond acceptors (Lipinski definition) is 32. The van der Waals surface area contributed by atoms with E-state index < -0.39 is 91.0 Å². The smallest absolute Gasteiger partial charge is 0.327 e. The zero-order chi connectivity index (χ0) is 82.5. The summed E-state index contributed by atoms with van der Waals surface area (Å²) >= 11 is 0. The molecular weight excluding hydrogens is 1490 g/mol. The number of unbranched alkanes of at least 4 members (excludes halogenated alkanes) is 3. The second kappa shape index (κ2) is 59.6. The highest BCUT2D eigenvalue weighted by Gasteiger charge is 2.29.